The Morgan fingerprint density at radius 3 is 1.90 bits per heavy atom. The molecule has 1 aliphatic carbocycles. The van der Waals surface area contributed by atoms with Gasteiger partial charge in [0, 0.05) is 3.57 Å². The third-order valence-electron chi connectivity index (χ3n) is 6.47. The molecule has 0 spiro atoms. The van der Waals surface area contributed by atoms with Crippen LogP contribution in [0.2, 0.25) is 0 Å². The normalized spacial score (nSPS) is 14.8. The highest BCUT2D eigenvalue weighted by atomic mass is 127. The first kappa shape index (κ1) is 20.7. The van der Waals surface area contributed by atoms with Crippen molar-refractivity contribution in [3.05, 3.63) is 92.6 Å². The average molecular weight is 494 g/mol. The minimum absolute atomic E-state index is 0.778. The number of benzene rings is 3. The molecule has 0 saturated heterocycles. The van der Waals surface area contributed by atoms with E-state index in [4.69, 9.17) is 0 Å². The van der Waals surface area contributed by atoms with Crippen molar-refractivity contribution in [1.29, 1.82) is 0 Å². The lowest BCUT2D eigenvalue weighted by Gasteiger charge is -2.22. The van der Waals surface area contributed by atoms with E-state index < -0.39 is 0 Å². The van der Waals surface area contributed by atoms with Crippen molar-refractivity contribution in [3.63, 3.8) is 0 Å². The topological polar surface area (TPSA) is 0 Å². The Kier molecular flexibility index (Phi) is 7.07. The SMILES string of the molecule is CCc1ccc(CCc2ccc(-c3ccc(C4CCCCC4)cc3I)cc2)cc1. The molecule has 0 nitrogen and oxygen atoms in total. The molecule has 0 unspecified atom stereocenters. The molecule has 1 fully saturated rings. The van der Waals surface area contributed by atoms with E-state index in [1.165, 1.54) is 63.5 Å². The van der Waals surface area contributed by atoms with E-state index in [2.05, 4.69) is 96.2 Å². The minimum Gasteiger partial charge on any atom is -0.0613 e. The van der Waals surface area contributed by atoms with Crippen molar-refractivity contribution >= 4 is 22.6 Å². The molecule has 1 aliphatic rings. The molecule has 4 rings (SSSR count). The summed E-state index contributed by atoms with van der Waals surface area (Å²) in [6.45, 7) is 2.21. The lowest BCUT2D eigenvalue weighted by molar-refractivity contribution is 0.443. The van der Waals surface area contributed by atoms with Crippen LogP contribution in [0.25, 0.3) is 11.1 Å². The number of hydrogen-bond donors (Lipinski definition) is 0. The summed E-state index contributed by atoms with van der Waals surface area (Å²) >= 11 is 2.52. The summed E-state index contributed by atoms with van der Waals surface area (Å²) in [7, 11) is 0. The van der Waals surface area contributed by atoms with Gasteiger partial charge in [-0.15, -0.1) is 0 Å². The summed E-state index contributed by atoms with van der Waals surface area (Å²) in [4.78, 5) is 0. The molecule has 0 aromatic heterocycles. The number of halogens is 1. The zero-order chi connectivity index (χ0) is 20.1. The van der Waals surface area contributed by atoms with Crippen molar-refractivity contribution in [3.8, 4) is 11.1 Å². The van der Waals surface area contributed by atoms with E-state index in [0.29, 0.717) is 0 Å². The molecule has 0 bridgehead atoms. The minimum atomic E-state index is 0.778. The molecule has 0 N–H and O–H groups in total. The highest BCUT2D eigenvalue weighted by Gasteiger charge is 2.16. The van der Waals surface area contributed by atoms with Crippen LogP contribution in [0.5, 0.6) is 0 Å². The first-order valence-corrected chi connectivity index (χ1v) is 12.3. The Labute approximate surface area is 189 Å². The van der Waals surface area contributed by atoms with E-state index in [9.17, 15) is 0 Å². The Morgan fingerprint density at radius 1 is 0.724 bits per heavy atom. The first-order chi connectivity index (χ1) is 14.2. The molecular weight excluding hydrogens is 463 g/mol. The largest absolute Gasteiger partial charge is 0.0613 e. The van der Waals surface area contributed by atoms with Crippen LogP contribution < -0.4 is 0 Å². The van der Waals surface area contributed by atoms with E-state index in [1.807, 2.05) is 0 Å². The predicted molar refractivity (Wildman–Crippen MR) is 134 cm³/mol. The van der Waals surface area contributed by atoms with E-state index >= 15 is 0 Å². The molecule has 1 heteroatoms. The molecule has 0 atom stereocenters. The maximum absolute atomic E-state index is 2.52. The summed E-state index contributed by atoms with van der Waals surface area (Å²) in [5.41, 5.74) is 8.51. The van der Waals surface area contributed by atoms with Crippen molar-refractivity contribution in [2.24, 2.45) is 0 Å². The lowest BCUT2D eigenvalue weighted by atomic mass is 9.83. The van der Waals surface area contributed by atoms with E-state index in [1.54, 1.807) is 5.56 Å². The van der Waals surface area contributed by atoms with Gasteiger partial charge in [-0.3, -0.25) is 0 Å². The lowest BCUT2D eigenvalue weighted by Crippen LogP contribution is -2.04. The van der Waals surface area contributed by atoms with Gasteiger partial charge in [0.2, 0.25) is 0 Å². The standard InChI is InChI=1S/C28H31I/c1-2-21-8-10-22(11-9-21)12-13-23-14-16-25(17-15-23)27-19-18-26(20-28(27)29)24-6-4-3-5-7-24/h8-11,14-20,24H,2-7,12-13H2,1H3. The summed E-state index contributed by atoms with van der Waals surface area (Å²) in [5.74, 6) is 0.778. The molecule has 0 aliphatic heterocycles. The van der Waals surface area contributed by atoms with Gasteiger partial charge in [-0.25, -0.2) is 0 Å². The van der Waals surface area contributed by atoms with Crippen LogP contribution in [0.4, 0.5) is 0 Å². The van der Waals surface area contributed by atoms with Gasteiger partial charge in [-0.1, -0.05) is 86.8 Å². The van der Waals surface area contributed by atoms with Crippen molar-refractivity contribution < 1.29 is 0 Å². The van der Waals surface area contributed by atoms with E-state index in [0.717, 1.165) is 25.2 Å². The fourth-order valence-electron chi connectivity index (χ4n) is 4.54. The maximum atomic E-state index is 2.52. The van der Waals surface area contributed by atoms with Crippen LogP contribution in [0.3, 0.4) is 0 Å². The molecule has 3 aromatic rings. The quantitative estimate of drug-likeness (QED) is 0.302. The summed E-state index contributed by atoms with van der Waals surface area (Å²) in [6.07, 6.45) is 10.3. The monoisotopic (exact) mass is 494 g/mol. The van der Waals surface area contributed by atoms with Crippen LogP contribution in [0.1, 0.15) is 67.2 Å². The zero-order valence-corrected chi connectivity index (χ0v) is 19.6. The Hall–Kier alpha value is -1.61. The number of rotatable bonds is 6. The summed E-state index contributed by atoms with van der Waals surface area (Å²) in [5, 5.41) is 0. The molecule has 150 valence electrons. The smallest absolute Gasteiger partial charge is 0.0211 e. The Bertz CT molecular complexity index is 916. The molecular formula is C28H31I. The first-order valence-electron chi connectivity index (χ1n) is 11.2. The third-order valence-corrected chi connectivity index (χ3v) is 7.36. The van der Waals surface area contributed by atoms with Crippen LogP contribution in [0, 0.1) is 3.57 Å². The fourth-order valence-corrected chi connectivity index (χ4v) is 5.39. The molecule has 0 amide bonds. The highest BCUT2D eigenvalue weighted by Crippen LogP contribution is 2.35. The van der Waals surface area contributed by atoms with Crippen LogP contribution in [-0.2, 0) is 19.3 Å². The molecule has 0 radical (unpaired) electrons. The molecule has 1 saturated carbocycles. The number of aryl methyl sites for hydroxylation is 3. The third kappa shape index (κ3) is 5.31. The average Bonchev–Trinajstić information content (AvgIpc) is 2.79. The summed E-state index contributed by atoms with van der Waals surface area (Å²) in [6, 6.07) is 25.4. The second-order valence-corrected chi connectivity index (χ2v) is 9.60. The highest BCUT2D eigenvalue weighted by molar-refractivity contribution is 14.1. The molecule has 29 heavy (non-hydrogen) atoms. The Morgan fingerprint density at radius 2 is 1.31 bits per heavy atom. The summed E-state index contributed by atoms with van der Waals surface area (Å²) < 4.78 is 1.38. The van der Waals surface area contributed by atoms with Crippen molar-refractivity contribution in [1.82, 2.24) is 0 Å². The van der Waals surface area contributed by atoms with Gasteiger partial charge < -0.3 is 0 Å². The van der Waals surface area contributed by atoms with Gasteiger partial charge in [0.1, 0.15) is 0 Å². The van der Waals surface area contributed by atoms with Crippen LogP contribution >= 0.6 is 22.6 Å². The second kappa shape index (κ2) is 9.93. The van der Waals surface area contributed by atoms with Crippen LogP contribution in [-0.4, -0.2) is 0 Å². The van der Waals surface area contributed by atoms with Gasteiger partial charge in [-0.2, -0.15) is 0 Å². The van der Waals surface area contributed by atoms with Crippen molar-refractivity contribution in [2.75, 3.05) is 0 Å². The zero-order valence-electron chi connectivity index (χ0n) is 17.5. The fraction of sp³-hybridized carbons (Fsp3) is 0.357. The molecule has 0 heterocycles. The maximum Gasteiger partial charge on any atom is 0.0211 e. The van der Waals surface area contributed by atoms with Gasteiger partial charge >= 0.3 is 0 Å². The second-order valence-electron chi connectivity index (χ2n) is 8.44. The van der Waals surface area contributed by atoms with Gasteiger partial charge in [0.05, 0.1) is 0 Å². The van der Waals surface area contributed by atoms with Gasteiger partial charge in [0.15, 0.2) is 0 Å². The predicted octanol–water partition coefficient (Wildman–Crippen LogP) is 8.35. The van der Waals surface area contributed by atoms with Gasteiger partial charge in [0.25, 0.3) is 0 Å². The van der Waals surface area contributed by atoms with Crippen molar-refractivity contribution in [2.45, 2.75) is 64.2 Å². The Balaban J connectivity index is 1.41. The number of hydrogen-bond acceptors (Lipinski definition) is 0. The van der Waals surface area contributed by atoms with E-state index in [-0.39, 0.29) is 0 Å². The van der Waals surface area contributed by atoms with Gasteiger partial charge in [-0.05, 0) is 100 Å². The van der Waals surface area contributed by atoms with Crippen LogP contribution in [0.15, 0.2) is 66.7 Å². The molecule has 3 aromatic carbocycles.